The molecule has 0 bridgehead atoms. The maximum absolute atomic E-state index is 10.3. The Bertz CT molecular complexity index is 203. The lowest BCUT2D eigenvalue weighted by Gasteiger charge is -2.06. The number of carbonyl (C=O) groups is 1. The number of rotatable bonds is 15. The molecule has 0 unspecified atom stereocenters. The molecule has 0 rings (SSSR count). The maximum atomic E-state index is 10.3. The molecule has 0 aromatic rings. The zero-order valence-electron chi connectivity index (χ0n) is 11.6. The average Bonchev–Trinajstić information content (AvgIpc) is 2.39. The summed E-state index contributed by atoms with van der Waals surface area (Å²) < 4.78 is 25.6. The molecule has 0 aliphatic carbocycles. The standard InChI is InChI=1S/C12H25NO6/c1-15-3-2-4-16-5-6-17-7-8-18-9-10-19-11-12(13)14/h2-11H2,1H3,(H2,13,14). The van der Waals surface area contributed by atoms with Gasteiger partial charge in [0.25, 0.3) is 0 Å². The summed E-state index contributed by atoms with van der Waals surface area (Å²) in [5, 5.41) is 0. The highest BCUT2D eigenvalue weighted by molar-refractivity contribution is 5.74. The van der Waals surface area contributed by atoms with E-state index >= 15 is 0 Å². The van der Waals surface area contributed by atoms with E-state index in [9.17, 15) is 4.79 Å². The molecule has 0 aromatic carbocycles. The number of nitrogens with two attached hydrogens (primary N) is 1. The van der Waals surface area contributed by atoms with Gasteiger partial charge < -0.3 is 29.4 Å². The van der Waals surface area contributed by atoms with Gasteiger partial charge in [-0.3, -0.25) is 4.79 Å². The van der Waals surface area contributed by atoms with Crippen LogP contribution in [0.1, 0.15) is 6.42 Å². The molecule has 19 heavy (non-hydrogen) atoms. The van der Waals surface area contributed by atoms with Gasteiger partial charge in [0.1, 0.15) is 6.61 Å². The topological polar surface area (TPSA) is 89.2 Å². The van der Waals surface area contributed by atoms with Crippen molar-refractivity contribution >= 4 is 5.91 Å². The summed E-state index contributed by atoms with van der Waals surface area (Å²) in [4.78, 5) is 10.3. The molecule has 7 nitrogen and oxygen atoms in total. The van der Waals surface area contributed by atoms with Crippen molar-refractivity contribution in [2.24, 2.45) is 5.73 Å². The van der Waals surface area contributed by atoms with E-state index < -0.39 is 5.91 Å². The van der Waals surface area contributed by atoms with Gasteiger partial charge >= 0.3 is 0 Å². The Morgan fingerprint density at radius 3 is 1.74 bits per heavy atom. The monoisotopic (exact) mass is 279 g/mol. The summed E-state index contributed by atoms with van der Waals surface area (Å²) in [5.41, 5.74) is 4.90. The minimum absolute atomic E-state index is 0.0692. The molecule has 0 saturated heterocycles. The number of methoxy groups -OCH3 is 1. The van der Waals surface area contributed by atoms with Crippen LogP contribution >= 0.6 is 0 Å². The molecule has 0 atom stereocenters. The van der Waals surface area contributed by atoms with E-state index in [1.165, 1.54) is 0 Å². The molecular formula is C12H25NO6. The van der Waals surface area contributed by atoms with Crippen LogP contribution in [-0.4, -0.2) is 72.5 Å². The number of primary amides is 1. The Morgan fingerprint density at radius 2 is 1.26 bits per heavy atom. The van der Waals surface area contributed by atoms with Crippen LogP contribution in [0.3, 0.4) is 0 Å². The zero-order chi connectivity index (χ0) is 14.2. The largest absolute Gasteiger partial charge is 0.385 e. The molecule has 0 fully saturated rings. The molecule has 0 aliphatic rings. The average molecular weight is 279 g/mol. The van der Waals surface area contributed by atoms with Crippen molar-refractivity contribution in [2.75, 3.05) is 66.6 Å². The van der Waals surface area contributed by atoms with Gasteiger partial charge in [0.15, 0.2) is 0 Å². The highest BCUT2D eigenvalue weighted by atomic mass is 16.6. The lowest BCUT2D eigenvalue weighted by Crippen LogP contribution is -2.20. The molecule has 114 valence electrons. The van der Waals surface area contributed by atoms with Crippen molar-refractivity contribution in [1.29, 1.82) is 0 Å². The number of hydrogen-bond donors (Lipinski definition) is 1. The highest BCUT2D eigenvalue weighted by Crippen LogP contribution is 1.85. The van der Waals surface area contributed by atoms with Gasteiger partial charge in [0.05, 0.1) is 39.6 Å². The van der Waals surface area contributed by atoms with E-state index in [2.05, 4.69) is 0 Å². The van der Waals surface area contributed by atoms with E-state index in [1.807, 2.05) is 0 Å². The minimum Gasteiger partial charge on any atom is -0.385 e. The molecule has 0 heterocycles. The van der Waals surface area contributed by atoms with Crippen LogP contribution in [0.4, 0.5) is 0 Å². The van der Waals surface area contributed by atoms with Crippen LogP contribution in [0.25, 0.3) is 0 Å². The van der Waals surface area contributed by atoms with Crippen LogP contribution in [0.2, 0.25) is 0 Å². The Balaban J connectivity index is 2.93. The fraction of sp³-hybridized carbons (Fsp3) is 0.917. The quantitative estimate of drug-likeness (QED) is 0.409. The van der Waals surface area contributed by atoms with Crippen molar-refractivity contribution in [3.8, 4) is 0 Å². The van der Waals surface area contributed by atoms with Crippen molar-refractivity contribution in [2.45, 2.75) is 6.42 Å². The van der Waals surface area contributed by atoms with Crippen LogP contribution in [-0.2, 0) is 28.5 Å². The van der Waals surface area contributed by atoms with Gasteiger partial charge in [0, 0.05) is 20.3 Å². The van der Waals surface area contributed by atoms with Gasteiger partial charge in [-0.25, -0.2) is 0 Å². The SMILES string of the molecule is COCCCOCCOCCOCCOCC(N)=O. The molecule has 0 aliphatic heterocycles. The number of carbonyl (C=O) groups excluding carboxylic acids is 1. The van der Waals surface area contributed by atoms with Gasteiger partial charge in [-0.2, -0.15) is 0 Å². The zero-order valence-corrected chi connectivity index (χ0v) is 11.6. The van der Waals surface area contributed by atoms with Crippen LogP contribution in [0.15, 0.2) is 0 Å². The van der Waals surface area contributed by atoms with E-state index in [0.29, 0.717) is 52.9 Å². The Labute approximate surface area is 114 Å². The van der Waals surface area contributed by atoms with Gasteiger partial charge in [0.2, 0.25) is 5.91 Å². The second-order valence-corrected chi connectivity index (χ2v) is 3.70. The third-order valence-electron chi connectivity index (χ3n) is 2.00. The summed E-state index contributed by atoms with van der Waals surface area (Å²) in [7, 11) is 1.67. The van der Waals surface area contributed by atoms with Crippen molar-refractivity contribution in [3.63, 3.8) is 0 Å². The van der Waals surface area contributed by atoms with Gasteiger partial charge in [-0.1, -0.05) is 0 Å². The smallest absolute Gasteiger partial charge is 0.243 e. The lowest BCUT2D eigenvalue weighted by atomic mass is 10.5. The first-order chi connectivity index (χ1) is 9.27. The summed E-state index contributed by atoms with van der Waals surface area (Å²) in [6.45, 7) is 4.23. The summed E-state index contributed by atoms with van der Waals surface area (Å²) in [5.74, 6) is -0.478. The molecule has 2 N–H and O–H groups in total. The fourth-order valence-corrected chi connectivity index (χ4v) is 1.14. The predicted molar refractivity (Wildman–Crippen MR) is 69.0 cm³/mol. The fourth-order valence-electron chi connectivity index (χ4n) is 1.14. The number of ether oxygens (including phenoxy) is 5. The molecule has 0 aromatic heterocycles. The molecular weight excluding hydrogens is 254 g/mol. The first kappa shape index (κ1) is 18.3. The Morgan fingerprint density at radius 1 is 0.789 bits per heavy atom. The van der Waals surface area contributed by atoms with Crippen LogP contribution < -0.4 is 5.73 Å². The first-order valence-electron chi connectivity index (χ1n) is 6.35. The third-order valence-corrected chi connectivity index (χ3v) is 2.00. The van der Waals surface area contributed by atoms with E-state index in [0.717, 1.165) is 6.42 Å². The molecule has 0 spiro atoms. The second-order valence-electron chi connectivity index (χ2n) is 3.70. The summed E-state index contributed by atoms with van der Waals surface area (Å²) in [6, 6.07) is 0. The highest BCUT2D eigenvalue weighted by Gasteiger charge is 1.94. The van der Waals surface area contributed by atoms with Crippen LogP contribution in [0.5, 0.6) is 0 Å². The Hall–Kier alpha value is -0.730. The molecule has 0 saturated carbocycles. The van der Waals surface area contributed by atoms with Crippen molar-refractivity contribution in [1.82, 2.24) is 0 Å². The van der Waals surface area contributed by atoms with Gasteiger partial charge in [-0.05, 0) is 6.42 Å². The first-order valence-corrected chi connectivity index (χ1v) is 6.35. The molecule has 7 heteroatoms. The minimum atomic E-state index is -0.478. The summed E-state index contributed by atoms with van der Waals surface area (Å²) in [6.07, 6.45) is 0.894. The second kappa shape index (κ2) is 15.3. The van der Waals surface area contributed by atoms with Crippen molar-refractivity contribution < 1.29 is 28.5 Å². The number of hydrogen-bond acceptors (Lipinski definition) is 6. The van der Waals surface area contributed by atoms with E-state index in [1.54, 1.807) is 7.11 Å². The predicted octanol–water partition coefficient (Wildman–Crippen LogP) is -0.425. The van der Waals surface area contributed by atoms with Gasteiger partial charge in [-0.15, -0.1) is 0 Å². The molecule has 1 amide bonds. The lowest BCUT2D eigenvalue weighted by molar-refractivity contribution is -0.123. The third kappa shape index (κ3) is 17.3. The number of amides is 1. The maximum Gasteiger partial charge on any atom is 0.243 e. The van der Waals surface area contributed by atoms with Crippen molar-refractivity contribution in [3.05, 3.63) is 0 Å². The molecule has 0 radical (unpaired) electrons. The van der Waals surface area contributed by atoms with Crippen LogP contribution in [0, 0.1) is 0 Å². The summed E-state index contributed by atoms with van der Waals surface area (Å²) >= 11 is 0. The van der Waals surface area contributed by atoms with E-state index in [-0.39, 0.29) is 6.61 Å². The van der Waals surface area contributed by atoms with E-state index in [4.69, 9.17) is 29.4 Å². The Kier molecular flexibility index (Phi) is 14.7. The normalized spacial score (nSPS) is 10.8.